The van der Waals surface area contributed by atoms with Crippen LogP contribution in [0, 0.1) is 0 Å². The van der Waals surface area contributed by atoms with Gasteiger partial charge in [0, 0.05) is 21.6 Å². The van der Waals surface area contributed by atoms with E-state index in [1.165, 1.54) is 0 Å². The number of benzene rings is 2. The molecule has 0 fully saturated rings. The molecule has 0 bridgehead atoms. The third-order valence-corrected chi connectivity index (χ3v) is 3.52. The number of ether oxygens (including phenoxy) is 1. The van der Waals surface area contributed by atoms with Crippen molar-refractivity contribution in [3.8, 4) is 5.75 Å². The highest BCUT2D eigenvalue weighted by Gasteiger charge is 2.02. The minimum Gasteiger partial charge on any atom is -0.489 e. The van der Waals surface area contributed by atoms with Gasteiger partial charge in [-0.1, -0.05) is 45.7 Å². The maximum absolute atomic E-state index is 5.89. The van der Waals surface area contributed by atoms with E-state index in [9.17, 15) is 0 Å². The van der Waals surface area contributed by atoms with Crippen LogP contribution in [0.1, 0.15) is 11.1 Å². The summed E-state index contributed by atoms with van der Waals surface area (Å²) in [5.74, 6) is 0.819. The highest BCUT2D eigenvalue weighted by molar-refractivity contribution is 9.10. The van der Waals surface area contributed by atoms with E-state index in [0.29, 0.717) is 18.2 Å². The first kappa shape index (κ1) is 13.4. The summed E-state index contributed by atoms with van der Waals surface area (Å²) in [5, 5.41) is 0.704. The molecular formula is C14H13BrClNO. The van der Waals surface area contributed by atoms with Gasteiger partial charge in [0.05, 0.1) is 0 Å². The van der Waals surface area contributed by atoms with Crippen LogP contribution in [0.5, 0.6) is 5.75 Å². The van der Waals surface area contributed by atoms with Crippen LogP contribution in [0.25, 0.3) is 0 Å². The fourth-order valence-corrected chi connectivity index (χ4v) is 2.36. The summed E-state index contributed by atoms with van der Waals surface area (Å²) >= 11 is 9.35. The van der Waals surface area contributed by atoms with Crippen LogP contribution in [0.2, 0.25) is 5.02 Å². The van der Waals surface area contributed by atoms with E-state index < -0.39 is 0 Å². The molecule has 0 atom stereocenters. The van der Waals surface area contributed by atoms with Crippen LogP contribution in [0.15, 0.2) is 46.9 Å². The first-order chi connectivity index (χ1) is 8.69. The van der Waals surface area contributed by atoms with Crippen molar-refractivity contribution < 1.29 is 4.74 Å². The first-order valence-corrected chi connectivity index (χ1v) is 6.72. The summed E-state index contributed by atoms with van der Waals surface area (Å²) in [6.45, 7) is 1.01. The van der Waals surface area contributed by atoms with E-state index in [2.05, 4.69) is 15.9 Å². The lowest BCUT2D eigenvalue weighted by Crippen LogP contribution is -1.99. The summed E-state index contributed by atoms with van der Waals surface area (Å²) in [4.78, 5) is 0. The van der Waals surface area contributed by atoms with Gasteiger partial charge in [0.25, 0.3) is 0 Å². The Morgan fingerprint density at radius 3 is 2.72 bits per heavy atom. The lowest BCUT2D eigenvalue weighted by Gasteiger charge is -2.09. The molecule has 2 aromatic carbocycles. The molecule has 2 nitrogen and oxygen atoms in total. The second-order valence-corrected chi connectivity index (χ2v) is 5.17. The van der Waals surface area contributed by atoms with Crippen molar-refractivity contribution in [1.29, 1.82) is 0 Å². The van der Waals surface area contributed by atoms with Crippen molar-refractivity contribution in [2.24, 2.45) is 5.73 Å². The van der Waals surface area contributed by atoms with Gasteiger partial charge in [0.15, 0.2) is 0 Å². The van der Waals surface area contributed by atoms with E-state index in [1.807, 2.05) is 42.5 Å². The maximum atomic E-state index is 5.89. The van der Waals surface area contributed by atoms with Gasteiger partial charge in [-0.15, -0.1) is 0 Å². The lowest BCUT2D eigenvalue weighted by atomic mass is 10.2. The van der Waals surface area contributed by atoms with E-state index in [4.69, 9.17) is 22.1 Å². The molecule has 0 aliphatic rings. The monoisotopic (exact) mass is 325 g/mol. The van der Waals surface area contributed by atoms with Crippen LogP contribution >= 0.6 is 27.5 Å². The second kappa shape index (κ2) is 6.23. The molecule has 0 aliphatic carbocycles. The quantitative estimate of drug-likeness (QED) is 0.916. The molecule has 0 aliphatic heterocycles. The number of hydrogen-bond donors (Lipinski definition) is 1. The Morgan fingerprint density at radius 1 is 1.17 bits per heavy atom. The maximum Gasteiger partial charge on any atom is 0.120 e. The molecule has 0 saturated heterocycles. The van der Waals surface area contributed by atoms with Crippen molar-refractivity contribution in [3.63, 3.8) is 0 Å². The van der Waals surface area contributed by atoms with E-state index >= 15 is 0 Å². The van der Waals surface area contributed by atoms with Crippen LogP contribution < -0.4 is 10.5 Å². The fraction of sp³-hybridized carbons (Fsp3) is 0.143. The van der Waals surface area contributed by atoms with Crippen molar-refractivity contribution in [2.45, 2.75) is 13.2 Å². The predicted octanol–water partition coefficient (Wildman–Crippen LogP) is 4.14. The third kappa shape index (κ3) is 3.48. The van der Waals surface area contributed by atoms with Gasteiger partial charge < -0.3 is 10.5 Å². The highest BCUT2D eigenvalue weighted by atomic mass is 79.9. The van der Waals surface area contributed by atoms with Gasteiger partial charge in [0.1, 0.15) is 12.4 Å². The van der Waals surface area contributed by atoms with Crippen LogP contribution in [0.3, 0.4) is 0 Å². The van der Waals surface area contributed by atoms with Crippen molar-refractivity contribution in [2.75, 3.05) is 0 Å². The SMILES string of the molecule is NCc1cccc(OCc2ccc(Cl)cc2Br)c1. The van der Waals surface area contributed by atoms with Crippen molar-refractivity contribution in [3.05, 3.63) is 63.1 Å². The standard InChI is InChI=1S/C14H13BrClNO/c15-14-7-12(16)5-4-11(14)9-18-13-3-1-2-10(6-13)8-17/h1-7H,8-9,17H2. The van der Waals surface area contributed by atoms with Gasteiger partial charge >= 0.3 is 0 Å². The molecule has 2 N–H and O–H groups in total. The first-order valence-electron chi connectivity index (χ1n) is 5.55. The Balaban J connectivity index is 2.06. The van der Waals surface area contributed by atoms with Gasteiger partial charge in [0.2, 0.25) is 0 Å². The minimum atomic E-state index is 0.492. The second-order valence-electron chi connectivity index (χ2n) is 3.88. The Kier molecular flexibility index (Phi) is 4.64. The molecule has 4 heteroatoms. The van der Waals surface area contributed by atoms with E-state index in [1.54, 1.807) is 0 Å². The largest absolute Gasteiger partial charge is 0.489 e. The normalized spacial score (nSPS) is 10.4. The molecular weight excluding hydrogens is 314 g/mol. The summed E-state index contributed by atoms with van der Waals surface area (Å²) in [5.41, 5.74) is 7.70. The predicted molar refractivity (Wildman–Crippen MR) is 77.8 cm³/mol. The Bertz CT molecular complexity index is 545. The van der Waals surface area contributed by atoms with Crippen molar-refractivity contribution >= 4 is 27.5 Å². The Morgan fingerprint density at radius 2 is 2.00 bits per heavy atom. The Hall–Kier alpha value is -1.03. The Labute approximate surface area is 120 Å². The zero-order chi connectivity index (χ0) is 13.0. The van der Waals surface area contributed by atoms with Gasteiger partial charge in [-0.3, -0.25) is 0 Å². The zero-order valence-corrected chi connectivity index (χ0v) is 12.0. The lowest BCUT2D eigenvalue weighted by molar-refractivity contribution is 0.305. The molecule has 18 heavy (non-hydrogen) atoms. The molecule has 0 saturated carbocycles. The smallest absolute Gasteiger partial charge is 0.120 e. The average Bonchev–Trinajstić information content (AvgIpc) is 2.38. The molecule has 2 rings (SSSR count). The van der Waals surface area contributed by atoms with E-state index in [-0.39, 0.29) is 0 Å². The van der Waals surface area contributed by atoms with Crippen molar-refractivity contribution in [1.82, 2.24) is 0 Å². The van der Waals surface area contributed by atoms with Gasteiger partial charge in [-0.05, 0) is 29.8 Å². The number of nitrogens with two attached hydrogens (primary N) is 1. The molecule has 94 valence electrons. The number of halogens is 2. The molecule has 0 aromatic heterocycles. The number of hydrogen-bond acceptors (Lipinski definition) is 2. The molecule has 0 unspecified atom stereocenters. The molecule has 0 heterocycles. The van der Waals surface area contributed by atoms with Gasteiger partial charge in [-0.25, -0.2) is 0 Å². The van der Waals surface area contributed by atoms with E-state index in [0.717, 1.165) is 21.3 Å². The molecule has 2 aromatic rings. The van der Waals surface area contributed by atoms with Gasteiger partial charge in [-0.2, -0.15) is 0 Å². The van der Waals surface area contributed by atoms with Crippen LogP contribution in [-0.2, 0) is 13.2 Å². The summed E-state index contributed by atoms with van der Waals surface area (Å²) in [7, 11) is 0. The minimum absolute atomic E-state index is 0.492. The summed E-state index contributed by atoms with van der Waals surface area (Å²) in [6.07, 6.45) is 0. The average molecular weight is 327 g/mol. The van der Waals surface area contributed by atoms with Crippen LogP contribution in [-0.4, -0.2) is 0 Å². The molecule has 0 amide bonds. The zero-order valence-electron chi connectivity index (χ0n) is 9.70. The summed E-state index contributed by atoms with van der Waals surface area (Å²) in [6, 6.07) is 13.4. The van der Waals surface area contributed by atoms with Crippen LogP contribution in [0.4, 0.5) is 0 Å². The number of rotatable bonds is 4. The topological polar surface area (TPSA) is 35.2 Å². The molecule has 0 spiro atoms. The molecule has 0 radical (unpaired) electrons. The third-order valence-electron chi connectivity index (χ3n) is 2.54. The summed E-state index contributed by atoms with van der Waals surface area (Å²) < 4.78 is 6.68. The highest BCUT2D eigenvalue weighted by Crippen LogP contribution is 2.23. The fourth-order valence-electron chi connectivity index (χ4n) is 1.56.